The van der Waals surface area contributed by atoms with Gasteiger partial charge in [0.15, 0.2) is 0 Å². The van der Waals surface area contributed by atoms with Crippen molar-refractivity contribution < 1.29 is 4.42 Å². The predicted octanol–water partition coefficient (Wildman–Crippen LogP) is 19.5. The van der Waals surface area contributed by atoms with Crippen LogP contribution in [-0.2, 0) is 0 Å². The molecule has 0 saturated carbocycles. The van der Waals surface area contributed by atoms with Crippen LogP contribution in [0.4, 0.5) is 17.1 Å². The zero-order chi connectivity index (χ0) is 46.1. The van der Waals surface area contributed by atoms with Crippen molar-refractivity contribution in [2.24, 2.45) is 0 Å². The number of rotatable bonds is 7. The Labute approximate surface area is 405 Å². The van der Waals surface area contributed by atoms with Gasteiger partial charge in [-0.15, -0.1) is 0 Å². The number of nitrogens with zero attached hydrogens (tertiary/aromatic N) is 1. The first kappa shape index (κ1) is 39.9. The van der Waals surface area contributed by atoms with E-state index in [1.165, 1.54) is 70.7 Å². The highest BCUT2D eigenvalue weighted by atomic mass is 16.3. The molecule has 0 fully saturated rings. The molecule has 0 spiro atoms. The molecule has 0 aliphatic carbocycles. The first-order chi connectivity index (χ1) is 34.7. The van der Waals surface area contributed by atoms with E-state index in [1.807, 2.05) is 0 Å². The molecule has 0 bridgehead atoms. The fraction of sp³-hybridized carbons (Fsp3) is 0. The third-order valence-electron chi connectivity index (χ3n) is 14.4. The van der Waals surface area contributed by atoms with Crippen LogP contribution in [0.2, 0.25) is 0 Å². The van der Waals surface area contributed by atoms with Crippen LogP contribution in [0.15, 0.2) is 265 Å². The molecule has 0 aliphatic rings. The highest BCUT2D eigenvalue weighted by Gasteiger charge is 2.22. The van der Waals surface area contributed by atoms with Crippen LogP contribution in [0.25, 0.3) is 120 Å². The van der Waals surface area contributed by atoms with E-state index < -0.39 is 0 Å². The molecule has 70 heavy (non-hydrogen) atoms. The van der Waals surface area contributed by atoms with Crippen LogP contribution in [-0.4, -0.2) is 0 Å². The third-order valence-corrected chi connectivity index (χ3v) is 14.4. The topological polar surface area (TPSA) is 16.4 Å². The van der Waals surface area contributed by atoms with Gasteiger partial charge in [-0.25, -0.2) is 0 Å². The third kappa shape index (κ3) is 6.42. The fourth-order valence-corrected chi connectivity index (χ4v) is 11.3. The molecule has 1 aromatic heterocycles. The Kier molecular flexibility index (Phi) is 9.25. The highest BCUT2D eigenvalue weighted by Crippen LogP contribution is 2.48. The molecular weight excluding hydrogens is 847 g/mol. The molecule has 13 aromatic carbocycles. The molecule has 2 heteroatoms. The number of anilines is 3. The van der Waals surface area contributed by atoms with Crippen LogP contribution in [0.3, 0.4) is 0 Å². The number of hydrogen-bond acceptors (Lipinski definition) is 2. The zero-order valence-corrected chi connectivity index (χ0v) is 38.2. The first-order valence-corrected chi connectivity index (χ1v) is 24.1. The van der Waals surface area contributed by atoms with Gasteiger partial charge in [0.25, 0.3) is 0 Å². The second kappa shape index (κ2) is 16.2. The molecule has 2 nitrogen and oxygen atoms in total. The average Bonchev–Trinajstić information content (AvgIpc) is 3.83. The molecule has 0 radical (unpaired) electrons. The first-order valence-electron chi connectivity index (χ1n) is 24.1. The van der Waals surface area contributed by atoms with Gasteiger partial charge in [-0.3, -0.25) is 0 Å². The number of hydrogen-bond donors (Lipinski definition) is 0. The van der Waals surface area contributed by atoms with E-state index in [-0.39, 0.29) is 0 Å². The average molecular weight is 890 g/mol. The van der Waals surface area contributed by atoms with E-state index in [9.17, 15) is 0 Å². The van der Waals surface area contributed by atoms with Crippen molar-refractivity contribution in [3.8, 4) is 44.5 Å². The van der Waals surface area contributed by atoms with Crippen LogP contribution in [0.5, 0.6) is 0 Å². The maximum Gasteiger partial charge on any atom is 0.143 e. The molecule has 14 aromatic rings. The van der Waals surface area contributed by atoms with Gasteiger partial charge in [-0.1, -0.05) is 212 Å². The van der Waals surface area contributed by atoms with E-state index in [0.717, 1.165) is 66.6 Å². The smallest absolute Gasteiger partial charge is 0.143 e. The molecule has 0 saturated heterocycles. The van der Waals surface area contributed by atoms with Crippen molar-refractivity contribution in [2.75, 3.05) is 4.90 Å². The molecule has 0 atom stereocenters. The van der Waals surface area contributed by atoms with Gasteiger partial charge in [0.1, 0.15) is 11.2 Å². The van der Waals surface area contributed by atoms with Crippen molar-refractivity contribution in [1.82, 2.24) is 0 Å². The largest absolute Gasteiger partial charge is 0.455 e. The maximum absolute atomic E-state index is 6.69. The lowest BCUT2D eigenvalue weighted by atomic mass is 9.84. The standard InChI is InChI=1S/C68H43NO/c1-3-19-45(20-4-1)65-60-33-14-12-31-57(60)58-38-37-48(42-62(58)66(65)46-21-5-2-6-22-46)47-24-15-26-51(40-47)69(63-43-50-23-8-9-28-53(50)56-30-11-13-32-59(56)63)52-27-16-25-49(41-52)54-34-17-35-64-67(54)61-39-36-44-18-7-10-29-55(44)68(61)70-64/h1-43H. The van der Waals surface area contributed by atoms with Crippen LogP contribution >= 0.6 is 0 Å². The van der Waals surface area contributed by atoms with Gasteiger partial charge in [0.05, 0.1) is 5.69 Å². The minimum absolute atomic E-state index is 0.883. The fourth-order valence-electron chi connectivity index (χ4n) is 11.3. The van der Waals surface area contributed by atoms with Crippen molar-refractivity contribution in [2.45, 2.75) is 0 Å². The summed E-state index contributed by atoms with van der Waals surface area (Å²) in [5.74, 6) is 0. The van der Waals surface area contributed by atoms with Crippen LogP contribution < -0.4 is 4.90 Å². The molecule has 326 valence electrons. The van der Waals surface area contributed by atoms with Crippen molar-refractivity contribution >= 4 is 92.9 Å². The van der Waals surface area contributed by atoms with Crippen molar-refractivity contribution in [3.05, 3.63) is 261 Å². The van der Waals surface area contributed by atoms with E-state index in [2.05, 4.69) is 266 Å². The quantitative estimate of drug-likeness (QED) is 0.148. The second-order valence-electron chi connectivity index (χ2n) is 18.3. The molecule has 0 N–H and O–H groups in total. The van der Waals surface area contributed by atoms with Gasteiger partial charge < -0.3 is 9.32 Å². The number of benzene rings is 13. The summed E-state index contributed by atoms with van der Waals surface area (Å²) in [7, 11) is 0. The Balaban J connectivity index is 0.993. The van der Waals surface area contributed by atoms with E-state index in [1.54, 1.807) is 0 Å². The Bertz CT molecular complexity index is 4360. The lowest BCUT2D eigenvalue weighted by molar-refractivity contribution is 0.673. The van der Waals surface area contributed by atoms with E-state index in [4.69, 9.17) is 4.42 Å². The van der Waals surface area contributed by atoms with Crippen molar-refractivity contribution in [1.29, 1.82) is 0 Å². The number of furan rings is 1. The lowest BCUT2D eigenvalue weighted by Crippen LogP contribution is -2.11. The van der Waals surface area contributed by atoms with Crippen molar-refractivity contribution in [3.63, 3.8) is 0 Å². The number of fused-ring (bicyclic) bond motifs is 11. The van der Waals surface area contributed by atoms with E-state index in [0.29, 0.717) is 0 Å². The monoisotopic (exact) mass is 889 g/mol. The van der Waals surface area contributed by atoms with Gasteiger partial charge in [0, 0.05) is 32.9 Å². The molecule has 1 heterocycles. The highest BCUT2D eigenvalue weighted by molar-refractivity contribution is 6.23. The SMILES string of the molecule is c1ccc(-c2c(-c3ccccc3)c3cc(-c4cccc(N(c5cccc(-c6cccc7oc8c9ccccc9ccc8c67)c5)c5cc6ccccc6c6ccccc56)c4)ccc3c3ccccc23)cc1. The maximum atomic E-state index is 6.69. The van der Waals surface area contributed by atoms with Crippen LogP contribution in [0.1, 0.15) is 0 Å². The summed E-state index contributed by atoms with van der Waals surface area (Å²) in [5.41, 5.74) is 14.5. The van der Waals surface area contributed by atoms with Gasteiger partial charge in [-0.05, 0) is 136 Å². The normalized spacial score (nSPS) is 11.7. The molecule has 0 amide bonds. The summed E-state index contributed by atoms with van der Waals surface area (Å²) in [4.78, 5) is 2.46. The Hall–Kier alpha value is -9.24. The van der Waals surface area contributed by atoms with Gasteiger partial charge in [0.2, 0.25) is 0 Å². The van der Waals surface area contributed by atoms with Crippen LogP contribution in [0, 0.1) is 0 Å². The molecule has 0 unspecified atom stereocenters. The summed E-state index contributed by atoms with van der Waals surface area (Å²) < 4.78 is 6.69. The van der Waals surface area contributed by atoms with Gasteiger partial charge in [-0.2, -0.15) is 0 Å². The Morgan fingerprint density at radius 2 is 0.786 bits per heavy atom. The Morgan fingerprint density at radius 3 is 1.53 bits per heavy atom. The second-order valence-corrected chi connectivity index (χ2v) is 18.3. The molecule has 0 aliphatic heterocycles. The summed E-state index contributed by atoms with van der Waals surface area (Å²) >= 11 is 0. The molecular formula is C68H43NO. The zero-order valence-electron chi connectivity index (χ0n) is 38.2. The predicted molar refractivity (Wildman–Crippen MR) is 298 cm³/mol. The molecule has 14 rings (SSSR count). The summed E-state index contributed by atoms with van der Waals surface area (Å²) in [6, 6.07) is 95.2. The summed E-state index contributed by atoms with van der Waals surface area (Å²) in [5, 5.41) is 14.3. The minimum Gasteiger partial charge on any atom is -0.455 e. The van der Waals surface area contributed by atoms with Gasteiger partial charge >= 0.3 is 0 Å². The lowest BCUT2D eigenvalue weighted by Gasteiger charge is -2.28. The minimum atomic E-state index is 0.883. The summed E-state index contributed by atoms with van der Waals surface area (Å²) in [6.07, 6.45) is 0. The Morgan fingerprint density at radius 1 is 0.271 bits per heavy atom. The summed E-state index contributed by atoms with van der Waals surface area (Å²) in [6.45, 7) is 0. The van der Waals surface area contributed by atoms with E-state index >= 15 is 0 Å².